The summed E-state index contributed by atoms with van der Waals surface area (Å²) in [7, 11) is 0. The van der Waals surface area contributed by atoms with E-state index in [0.717, 1.165) is 31.0 Å². The number of nitrogens with one attached hydrogen (secondary N) is 2. The number of likely N-dealkylation sites (N-methyl/N-ethyl adjacent to an activating group) is 1. The summed E-state index contributed by atoms with van der Waals surface area (Å²) < 4.78 is 5.37. The zero-order valence-electron chi connectivity index (χ0n) is 10.0. The monoisotopic (exact) mass is 254 g/mol. The number of rotatable bonds is 5. The summed E-state index contributed by atoms with van der Waals surface area (Å²) in [5.41, 5.74) is 1.18. The molecule has 0 atom stereocenters. The Morgan fingerprint density at radius 1 is 1.53 bits per heavy atom. The third kappa shape index (κ3) is 3.28. The van der Waals surface area contributed by atoms with Crippen LogP contribution in [0.1, 0.15) is 27.0 Å². The van der Waals surface area contributed by atoms with Gasteiger partial charge in [0.05, 0.1) is 18.1 Å². The second-order valence-corrected chi connectivity index (χ2v) is 5.11. The first kappa shape index (κ1) is 12.5. The number of hydrogen-bond acceptors (Lipinski definition) is 4. The Balaban J connectivity index is 1.88. The molecule has 5 heteroatoms. The highest BCUT2D eigenvalue weighted by Crippen LogP contribution is 2.26. The van der Waals surface area contributed by atoms with Crippen molar-refractivity contribution < 1.29 is 9.53 Å². The Morgan fingerprint density at radius 3 is 3.18 bits per heavy atom. The first-order valence-corrected chi connectivity index (χ1v) is 6.81. The van der Waals surface area contributed by atoms with Crippen LogP contribution in [0.25, 0.3) is 0 Å². The lowest BCUT2D eigenvalue weighted by atomic mass is 10.2. The standard InChI is InChI=1S/C12H18N2O2S/c1-2-13-4-5-14-12(15)11-7-9-8-16-6-3-10(9)17-11/h7,13H,2-6,8H2,1H3,(H,14,15). The van der Waals surface area contributed by atoms with Gasteiger partial charge in [-0.15, -0.1) is 11.3 Å². The van der Waals surface area contributed by atoms with Crippen molar-refractivity contribution in [3.05, 3.63) is 21.4 Å². The topological polar surface area (TPSA) is 50.4 Å². The molecule has 0 spiro atoms. The first-order chi connectivity index (χ1) is 8.31. The summed E-state index contributed by atoms with van der Waals surface area (Å²) in [6.07, 6.45) is 0.935. The Morgan fingerprint density at radius 2 is 2.41 bits per heavy atom. The van der Waals surface area contributed by atoms with E-state index >= 15 is 0 Å². The Hall–Kier alpha value is -0.910. The number of hydrogen-bond donors (Lipinski definition) is 2. The molecule has 0 fully saturated rings. The van der Waals surface area contributed by atoms with Crippen LogP contribution in [0.5, 0.6) is 0 Å². The molecule has 1 aromatic rings. The number of amides is 1. The maximum Gasteiger partial charge on any atom is 0.261 e. The van der Waals surface area contributed by atoms with Gasteiger partial charge in [0, 0.05) is 24.4 Å². The van der Waals surface area contributed by atoms with Gasteiger partial charge in [-0.1, -0.05) is 6.92 Å². The second-order valence-electron chi connectivity index (χ2n) is 3.97. The average molecular weight is 254 g/mol. The molecule has 0 unspecified atom stereocenters. The molecule has 2 N–H and O–H groups in total. The fraction of sp³-hybridized carbons (Fsp3) is 0.583. The highest BCUT2D eigenvalue weighted by atomic mass is 32.1. The number of fused-ring (bicyclic) bond motifs is 1. The Bertz CT molecular complexity index is 366. The predicted molar refractivity (Wildman–Crippen MR) is 68.6 cm³/mol. The van der Waals surface area contributed by atoms with Crippen LogP contribution < -0.4 is 10.6 Å². The molecule has 1 aliphatic heterocycles. The van der Waals surface area contributed by atoms with Crippen molar-refractivity contribution in [1.82, 2.24) is 10.6 Å². The van der Waals surface area contributed by atoms with Gasteiger partial charge in [-0.2, -0.15) is 0 Å². The average Bonchev–Trinajstić information content (AvgIpc) is 2.78. The van der Waals surface area contributed by atoms with Crippen LogP contribution in [0, 0.1) is 0 Å². The van der Waals surface area contributed by atoms with E-state index in [2.05, 4.69) is 17.6 Å². The van der Waals surface area contributed by atoms with Gasteiger partial charge in [-0.25, -0.2) is 0 Å². The smallest absolute Gasteiger partial charge is 0.261 e. The molecule has 2 heterocycles. The minimum Gasteiger partial charge on any atom is -0.376 e. The maximum absolute atomic E-state index is 11.9. The van der Waals surface area contributed by atoms with E-state index in [4.69, 9.17) is 4.74 Å². The van der Waals surface area contributed by atoms with Crippen molar-refractivity contribution >= 4 is 17.2 Å². The van der Waals surface area contributed by atoms with E-state index in [1.165, 1.54) is 10.4 Å². The van der Waals surface area contributed by atoms with E-state index in [9.17, 15) is 4.79 Å². The third-order valence-electron chi connectivity index (χ3n) is 2.69. The van der Waals surface area contributed by atoms with Gasteiger partial charge in [-0.05, 0) is 18.2 Å². The summed E-state index contributed by atoms with van der Waals surface area (Å²) in [6.45, 7) is 5.89. The Kier molecular flexibility index (Phi) is 4.53. The van der Waals surface area contributed by atoms with Crippen molar-refractivity contribution in [2.24, 2.45) is 0 Å². The van der Waals surface area contributed by atoms with E-state index in [1.54, 1.807) is 11.3 Å². The molecule has 0 bridgehead atoms. The van der Waals surface area contributed by atoms with Crippen LogP contribution >= 0.6 is 11.3 Å². The van der Waals surface area contributed by atoms with Gasteiger partial charge in [0.1, 0.15) is 0 Å². The lowest BCUT2D eigenvalue weighted by molar-refractivity contribution is 0.0957. The number of carbonyl (C=O) groups is 1. The highest BCUT2D eigenvalue weighted by molar-refractivity contribution is 7.14. The van der Waals surface area contributed by atoms with Gasteiger partial charge >= 0.3 is 0 Å². The molecule has 94 valence electrons. The third-order valence-corrected chi connectivity index (χ3v) is 3.92. The lowest BCUT2D eigenvalue weighted by Gasteiger charge is -2.10. The summed E-state index contributed by atoms with van der Waals surface area (Å²) in [6, 6.07) is 1.96. The van der Waals surface area contributed by atoms with Crippen molar-refractivity contribution in [3.8, 4) is 0 Å². The van der Waals surface area contributed by atoms with Crippen LogP contribution in [0.4, 0.5) is 0 Å². The Labute approximate surface area is 105 Å². The molecule has 0 radical (unpaired) electrons. The quantitative estimate of drug-likeness (QED) is 0.775. The zero-order valence-corrected chi connectivity index (χ0v) is 10.9. The SMILES string of the molecule is CCNCCNC(=O)c1cc2c(s1)CCOC2. The molecule has 0 aromatic carbocycles. The molecular weight excluding hydrogens is 236 g/mol. The molecule has 17 heavy (non-hydrogen) atoms. The first-order valence-electron chi connectivity index (χ1n) is 5.99. The lowest BCUT2D eigenvalue weighted by Crippen LogP contribution is -2.31. The maximum atomic E-state index is 11.9. The normalized spacial score (nSPS) is 14.4. The molecule has 1 aromatic heterocycles. The van der Waals surface area contributed by atoms with Crippen molar-refractivity contribution in [2.45, 2.75) is 20.0 Å². The van der Waals surface area contributed by atoms with Crippen molar-refractivity contribution in [3.63, 3.8) is 0 Å². The van der Waals surface area contributed by atoms with Gasteiger partial charge in [0.25, 0.3) is 5.91 Å². The van der Waals surface area contributed by atoms with Crippen LogP contribution in [0.3, 0.4) is 0 Å². The van der Waals surface area contributed by atoms with Gasteiger partial charge in [-0.3, -0.25) is 4.79 Å². The molecule has 2 rings (SSSR count). The number of carbonyl (C=O) groups excluding carboxylic acids is 1. The fourth-order valence-corrected chi connectivity index (χ4v) is 2.85. The van der Waals surface area contributed by atoms with Gasteiger partial charge in [0.2, 0.25) is 0 Å². The fourth-order valence-electron chi connectivity index (χ4n) is 1.79. The molecular formula is C12H18N2O2S. The summed E-state index contributed by atoms with van der Waals surface area (Å²) in [5, 5.41) is 6.08. The van der Waals surface area contributed by atoms with Gasteiger partial charge < -0.3 is 15.4 Å². The number of thiophene rings is 1. The molecule has 1 amide bonds. The van der Waals surface area contributed by atoms with Crippen LogP contribution in [-0.2, 0) is 17.8 Å². The van der Waals surface area contributed by atoms with Crippen molar-refractivity contribution in [2.75, 3.05) is 26.2 Å². The van der Waals surface area contributed by atoms with E-state index in [-0.39, 0.29) is 5.91 Å². The minimum atomic E-state index is 0.0299. The predicted octanol–water partition coefficient (Wildman–Crippen LogP) is 1.16. The van der Waals surface area contributed by atoms with E-state index in [1.807, 2.05) is 6.07 Å². The molecule has 0 saturated carbocycles. The minimum absolute atomic E-state index is 0.0299. The largest absolute Gasteiger partial charge is 0.376 e. The van der Waals surface area contributed by atoms with E-state index in [0.29, 0.717) is 13.2 Å². The summed E-state index contributed by atoms with van der Waals surface area (Å²) in [4.78, 5) is 14.0. The molecule has 4 nitrogen and oxygen atoms in total. The van der Waals surface area contributed by atoms with Crippen molar-refractivity contribution in [1.29, 1.82) is 0 Å². The van der Waals surface area contributed by atoms with Crippen LogP contribution in [0.2, 0.25) is 0 Å². The molecule has 1 aliphatic rings. The van der Waals surface area contributed by atoms with Crippen LogP contribution in [0.15, 0.2) is 6.07 Å². The summed E-state index contributed by atoms with van der Waals surface area (Å²) >= 11 is 1.59. The highest BCUT2D eigenvalue weighted by Gasteiger charge is 2.17. The zero-order chi connectivity index (χ0) is 12.1. The second kappa shape index (κ2) is 6.14. The summed E-state index contributed by atoms with van der Waals surface area (Å²) in [5.74, 6) is 0.0299. The van der Waals surface area contributed by atoms with E-state index < -0.39 is 0 Å². The number of ether oxygens (including phenoxy) is 1. The molecule has 0 aliphatic carbocycles. The van der Waals surface area contributed by atoms with Crippen LogP contribution in [-0.4, -0.2) is 32.1 Å². The van der Waals surface area contributed by atoms with Gasteiger partial charge in [0.15, 0.2) is 0 Å². The molecule has 0 saturated heterocycles.